The number of hydrogen-bond acceptors (Lipinski definition) is 6. The minimum absolute atomic E-state index is 0.143. The molecule has 0 aliphatic carbocycles. The Morgan fingerprint density at radius 1 is 1.05 bits per heavy atom. The number of likely N-dealkylation sites (N-methyl/N-ethyl adjacent to an activating group) is 1. The maximum Gasteiger partial charge on any atom is 0.278 e. The molecule has 7 nitrogen and oxygen atoms in total. The number of nitrogens with one attached hydrogen (secondary N) is 2. The molecule has 0 bridgehead atoms. The number of carbonyl (C=O) groups is 1. The van der Waals surface area contributed by atoms with Crippen LogP contribution < -0.4 is 15.5 Å². The number of hydroxylamine groups is 1. The molecule has 0 heterocycles. The zero-order chi connectivity index (χ0) is 26.5. The van der Waals surface area contributed by atoms with Crippen LogP contribution in [0.15, 0.2) is 102 Å². The molecule has 0 saturated heterocycles. The average molecular weight is 504 g/mol. The Balaban J connectivity index is 1.72. The van der Waals surface area contributed by atoms with Crippen molar-refractivity contribution in [2.45, 2.75) is 19.6 Å². The summed E-state index contributed by atoms with van der Waals surface area (Å²) in [6.07, 6.45) is 5.12. The molecule has 192 valence electrons. The van der Waals surface area contributed by atoms with E-state index in [0.717, 1.165) is 11.1 Å². The maximum absolute atomic E-state index is 14.4. The van der Waals surface area contributed by atoms with Crippen LogP contribution in [-0.4, -0.2) is 25.8 Å². The first kappa shape index (κ1) is 27.3. The van der Waals surface area contributed by atoms with Crippen molar-refractivity contribution in [1.82, 2.24) is 10.8 Å². The van der Waals surface area contributed by atoms with E-state index in [0.29, 0.717) is 16.9 Å². The van der Waals surface area contributed by atoms with E-state index in [4.69, 9.17) is 14.4 Å². The van der Waals surface area contributed by atoms with Crippen molar-refractivity contribution in [3.63, 3.8) is 0 Å². The minimum atomic E-state index is -0.712. The van der Waals surface area contributed by atoms with Gasteiger partial charge in [-0.3, -0.25) is 9.63 Å². The normalized spacial score (nSPS) is 12.9. The van der Waals surface area contributed by atoms with Gasteiger partial charge in [0.15, 0.2) is 5.71 Å². The highest BCUT2D eigenvalue weighted by Crippen LogP contribution is 2.23. The second-order valence-electron chi connectivity index (χ2n) is 7.80. The molecule has 3 aromatic rings. The van der Waals surface area contributed by atoms with E-state index in [1.165, 1.54) is 20.2 Å². The van der Waals surface area contributed by atoms with Crippen LogP contribution in [0.1, 0.15) is 35.2 Å². The first-order valence-corrected chi connectivity index (χ1v) is 11.7. The molecule has 0 spiro atoms. The van der Waals surface area contributed by atoms with Gasteiger partial charge in [-0.05, 0) is 35.7 Å². The molecule has 0 radical (unpaired) electrons. The molecule has 1 atom stereocenters. The zero-order valence-electron chi connectivity index (χ0n) is 21.0. The molecule has 3 aromatic carbocycles. The van der Waals surface area contributed by atoms with Crippen molar-refractivity contribution in [2.75, 3.05) is 14.2 Å². The summed E-state index contributed by atoms with van der Waals surface area (Å²) >= 11 is 0. The summed E-state index contributed by atoms with van der Waals surface area (Å²) in [7, 11) is 2.91. The summed E-state index contributed by atoms with van der Waals surface area (Å²) in [4.78, 5) is 23.0. The van der Waals surface area contributed by atoms with Gasteiger partial charge in [-0.25, -0.2) is 0 Å². The zero-order valence-corrected chi connectivity index (χ0v) is 21.0. The van der Waals surface area contributed by atoms with Gasteiger partial charge in [0, 0.05) is 18.7 Å². The maximum atomic E-state index is 14.4. The van der Waals surface area contributed by atoms with Crippen LogP contribution in [-0.2, 0) is 21.1 Å². The second-order valence-corrected chi connectivity index (χ2v) is 7.80. The van der Waals surface area contributed by atoms with Gasteiger partial charge in [-0.2, -0.15) is 9.87 Å². The van der Waals surface area contributed by atoms with Crippen LogP contribution in [0, 0.1) is 0 Å². The summed E-state index contributed by atoms with van der Waals surface area (Å²) in [6, 6.07) is 22.4. The van der Waals surface area contributed by atoms with Gasteiger partial charge >= 0.3 is 0 Å². The Morgan fingerprint density at radius 2 is 1.81 bits per heavy atom. The third kappa shape index (κ3) is 8.13. The number of allylic oxidation sites excluding steroid dienone is 1. The van der Waals surface area contributed by atoms with Gasteiger partial charge in [0.2, 0.25) is 0 Å². The van der Waals surface area contributed by atoms with Crippen LogP contribution in [0.25, 0.3) is 6.08 Å². The lowest BCUT2D eigenvalue weighted by atomic mass is 10.0. The highest BCUT2D eigenvalue weighted by Gasteiger charge is 2.18. The van der Waals surface area contributed by atoms with Crippen LogP contribution in [0.3, 0.4) is 0 Å². The third-order valence-corrected chi connectivity index (χ3v) is 5.23. The number of amides is 1. The summed E-state index contributed by atoms with van der Waals surface area (Å²) in [6.45, 7) is 2.04. The van der Waals surface area contributed by atoms with Crippen molar-refractivity contribution in [2.24, 2.45) is 5.16 Å². The van der Waals surface area contributed by atoms with Gasteiger partial charge < -0.3 is 14.9 Å². The fourth-order valence-corrected chi connectivity index (χ4v) is 3.51. The summed E-state index contributed by atoms with van der Waals surface area (Å²) in [5.41, 5.74) is 6.00. The second kappa shape index (κ2) is 14.3. The largest absolute Gasteiger partial charge is 0.432 e. The Bertz CT molecular complexity index is 1260. The number of carbonyl (C=O) groups excluding carboxylic acids is 1. The molecule has 1 amide bonds. The van der Waals surface area contributed by atoms with Crippen LogP contribution in [0.5, 0.6) is 5.75 Å². The van der Waals surface area contributed by atoms with E-state index < -0.39 is 6.01 Å². The number of hydrogen-bond donors (Lipinski definition) is 2. The Kier molecular flexibility index (Phi) is 10.6. The van der Waals surface area contributed by atoms with Crippen molar-refractivity contribution in [1.29, 1.82) is 0 Å². The molecular formula is C29H30FN3O4. The molecule has 3 rings (SSSR count). The van der Waals surface area contributed by atoms with Crippen molar-refractivity contribution >= 4 is 17.7 Å². The molecule has 0 saturated carbocycles. The van der Waals surface area contributed by atoms with Crippen molar-refractivity contribution in [3.8, 4) is 5.75 Å². The van der Waals surface area contributed by atoms with Gasteiger partial charge in [-0.15, -0.1) is 0 Å². The van der Waals surface area contributed by atoms with Gasteiger partial charge in [0.25, 0.3) is 11.9 Å². The Morgan fingerprint density at radius 3 is 2.54 bits per heavy atom. The SMILES string of the molecule is CC=CC(NOCc1ccccc1/C(=N\OC)C(=O)NC)c1cccc(O/C(F)=C\c2ccccc2)c1. The summed E-state index contributed by atoms with van der Waals surface area (Å²) in [5.74, 6) is -0.0192. The molecule has 37 heavy (non-hydrogen) atoms. The first-order chi connectivity index (χ1) is 18.0. The van der Waals surface area contributed by atoms with E-state index in [1.54, 1.807) is 42.5 Å². The molecule has 0 aliphatic rings. The number of nitrogens with zero attached hydrogens (tertiary/aromatic N) is 1. The van der Waals surface area contributed by atoms with Crippen LogP contribution in [0.2, 0.25) is 0 Å². The van der Waals surface area contributed by atoms with Crippen molar-refractivity contribution in [3.05, 3.63) is 119 Å². The van der Waals surface area contributed by atoms with E-state index in [-0.39, 0.29) is 24.3 Å². The number of halogens is 1. The lowest BCUT2D eigenvalue weighted by molar-refractivity contribution is -0.114. The Hall–Kier alpha value is -4.27. The molecular weight excluding hydrogens is 473 g/mol. The standard InChI is InChI=1S/C29H30FN3O4/c1-4-11-26(22-15-10-16-24(19-22)37-27(30)18-21-12-6-5-7-13-21)32-36-20-23-14-8-9-17-25(23)28(33-35-3)29(34)31-2/h4-19,26,32H,20H2,1-3H3,(H,31,34)/b11-4?,27-18-,33-28+. The number of oxime groups is 1. The van der Waals surface area contributed by atoms with Gasteiger partial charge in [0.1, 0.15) is 12.9 Å². The van der Waals surface area contributed by atoms with Crippen LogP contribution in [0.4, 0.5) is 4.39 Å². The molecule has 0 fully saturated rings. The Labute approximate surface area is 216 Å². The fraction of sp³-hybridized carbons (Fsp3) is 0.172. The lowest BCUT2D eigenvalue weighted by Gasteiger charge is -2.17. The average Bonchev–Trinajstić information content (AvgIpc) is 2.92. The third-order valence-electron chi connectivity index (χ3n) is 5.23. The number of benzene rings is 3. The summed E-state index contributed by atoms with van der Waals surface area (Å²) in [5, 5.41) is 6.44. The molecule has 8 heteroatoms. The number of ether oxygens (including phenoxy) is 1. The van der Waals surface area contributed by atoms with Crippen molar-refractivity contribution < 1.29 is 23.6 Å². The van der Waals surface area contributed by atoms with E-state index in [1.807, 2.05) is 55.5 Å². The minimum Gasteiger partial charge on any atom is -0.432 e. The highest BCUT2D eigenvalue weighted by molar-refractivity contribution is 6.45. The van der Waals surface area contributed by atoms with Gasteiger partial charge in [0.05, 0.1) is 12.6 Å². The van der Waals surface area contributed by atoms with Crippen LogP contribution >= 0.6 is 0 Å². The fourth-order valence-electron chi connectivity index (χ4n) is 3.51. The molecule has 2 N–H and O–H groups in total. The van der Waals surface area contributed by atoms with Gasteiger partial charge in [-0.1, -0.05) is 84.0 Å². The predicted molar refractivity (Wildman–Crippen MR) is 142 cm³/mol. The number of rotatable bonds is 12. The topological polar surface area (TPSA) is 81.2 Å². The van der Waals surface area contributed by atoms with E-state index in [9.17, 15) is 9.18 Å². The quantitative estimate of drug-likeness (QED) is 0.148. The van der Waals surface area contributed by atoms with E-state index in [2.05, 4.69) is 16.0 Å². The predicted octanol–water partition coefficient (Wildman–Crippen LogP) is 5.47. The first-order valence-electron chi connectivity index (χ1n) is 11.7. The van der Waals surface area contributed by atoms with E-state index >= 15 is 0 Å². The lowest BCUT2D eigenvalue weighted by Crippen LogP contribution is -2.29. The highest BCUT2D eigenvalue weighted by atomic mass is 19.1. The molecule has 1 unspecified atom stereocenters. The molecule has 0 aromatic heterocycles. The monoisotopic (exact) mass is 503 g/mol. The summed E-state index contributed by atoms with van der Waals surface area (Å²) < 4.78 is 19.8. The smallest absolute Gasteiger partial charge is 0.278 e. The molecule has 0 aliphatic heterocycles.